The van der Waals surface area contributed by atoms with Crippen LogP contribution in [0.25, 0.3) is 5.69 Å². The van der Waals surface area contributed by atoms with Gasteiger partial charge in [0.1, 0.15) is 5.82 Å². The van der Waals surface area contributed by atoms with Gasteiger partial charge >= 0.3 is 0 Å². The Bertz CT molecular complexity index is 1090. The number of carbonyl (C=O) groups is 2. The van der Waals surface area contributed by atoms with Crippen LogP contribution in [0.2, 0.25) is 5.02 Å². The second-order valence-corrected chi connectivity index (χ2v) is 7.26. The molecule has 0 aliphatic carbocycles. The van der Waals surface area contributed by atoms with Crippen LogP contribution in [-0.4, -0.2) is 16.3 Å². The fraction of sp³-hybridized carbons (Fsp3) is 0.217. The minimum atomic E-state index is -0.583. The number of aromatic nitrogens is 1. The molecule has 0 saturated heterocycles. The minimum Gasteiger partial charge on any atom is -0.351 e. The van der Waals surface area contributed by atoms with Crippen LogP contribution < -0.4 is 5.32 Å². The Morgan fingerprint density at radius 3 is 2.48 bits per heavy atom. The highest BCUT2D eigenvalue weighted by Gasteiger charge is 2.22. The van der Waals surface area contributed by atoms with E-state index < -0.39 is 11.6 Å². The molecule has 3 aromatic rings. The SMILES string of the molecule is CCc1cc(C)n(-c2ccc(Cl)cc2C(=O)c2ccccc2F)c1CNC(C)=O. The van der Waals surface area contributed by atoms with Crippen molar-refractivity contribution < 1.29 is 14.0 Å². The van der Waals surface area contributed by atoms with Crippen LogP contribution in [0.5, 0.6) is 0 Å². The maximum absolute atomic E-state index is 14.3. The smallest absolute Gasteiger partial charge is 0.217 e. The van der Waals surface area contributed by atoms with Crippen LogP contribution in [0.4, 0.5) is 4.39 Å². The van der Waals surface area contributed by atoms with Gasteiger partial charge in [-0.15, -0.1) is 0 Å². The van der Waals surface area contributed by atoms with Crippen molar-refractivity contribution in [3.63, 3.8) is 0 Å². The van der Waals surface area contributed by atoms with E-state index in [2.05, 4.69) is 5.32 Å². The number of halogens is 2. The summed E-state index contributed by atoms with van der Waals surface area (Å²) in [6, 6.07) is 12.9. The second-order valence-electron chi connectivity index (χ2n) is 6.83. The lowest BCUT2D eigenvalue weighted by Gasteiger charge is -2.17. The summed E-state index contributed by atoms with van der Waals surface area (Å²) in [5, 5.41) is 3.22. The average molecular weight is 413 g/mol. The molecule has 1 heterocycles. The summed E-state index contributed by atoms with van der Waals surface area (Å²) in [4.78, 5) is 24.7. The molecule has 4 nitrogen and oxygen atoms in total. The zero-order valence-corrected chi connectivity index (χ0v) is 17.3. The van der Waals surface area contributed by atoms with Gasteiger partial charge in [0, 0.05) is 28.9 Å². The van der Waals surface area contributed by atoms with Crippen molar-refractivity contribution in [3.05, 3.63) is 87.4 Å². The van der Waals surface area contributed by atoms with Crippen LogP contribution in [0.1, 0.15) is 46.7 Å². The highest BCUT2D eigenvalue weighted by atomic mass is 35.5. The molecule has 1 amide bonds. The van der Waals surface area contributed by atoms with Gasteiger partial charge in [-0.05, 0) is 55.3 Å². The fourth-order valence-corrected chi connectivity index (χ4v) is 3.65. The van der Waals surface area contributed by atoms with Gasteiger partial charge in [-0.1, -0.05) is 30.7 Å². The van der Waals surface area contributed by atoms with Crippen molar-refractivity contribution in [1.29, 1.82) is 0 Å². The Hall–Kier alpha value is -2.92. The lowest BCUT2D eigenvalue weighted by molar-refractivity contribution is -0.119. The zero-order valence-electron chi connectivity index (χ0n) is 16.6. The Balaban J connectivity index is 2.21. The fourth-order valence-electron chi connectivity index (χ4n) is 3.47. The second kappa shape index (κ2) is 8.62. The zero-order chi connectivity index (χ0) is 21.1. The molecule has 0 spiro atoms. The molecule has 0 saturated carbocycles. The van der Waals surface area contributed by atoms with Crippen molar-refractivity contribution in [2.24, 2.45) is 0 Å². The van der Waals surface area contributed by atoms with Crippen LogP contribution in [0.15, 0.2) is 48.5 Å². The van der Waals surface area contributed by atoms with Crippen molar-refractivity contribution in [1.82, 2.24) is 9.88 Å². The summed E-state index contributed by atoms with van der Waals surface area (Å²) in [7, 11) is 0. The number of carbonyl (C=O) groups excluding carboxylic acids is 2. The first kappa shape index (κ1) is 20.8. The molecule has 2 aromatic carbocycles. The first-order valence-electron chi connectivity index (χ1n) is 9.37. The average Bonchev–Trinajstić information content (AvgIpc) is 3.01. The molecule has 0 aliphatic rings. The molecular weight excluding hydrogens is 391 g/mol. The van der Waals surface area contributed by atoms with Crippen LogP contribution in [-0.2, 0) is 17.8 Å². The van der Waals surface area contributed by atoms with Crippen molar-refractivity contribution in [3.8, 4) is 5.69 Å². The number of ketones is 1. The van der Waals surface area contributed by atoms with Crippen LogP contribution in [0, 0.1) is 12.7 Å². The van der Waals surface area contributed by atoms with E-state index in [4.69, 9.17) is 11.6 Å². The predicted molar refractivity (Wildman–Crippen MR) is 112 cm³/mol. The number of nitrogens with zero attached hydrogens (tertiary/aromatic N) is 1. The predicted octanol–water partition coefficient (Wildman–Crippen LogP) is 5.01. The summed E-state index contributed by atoms with van der Waals surface area (Å²) in [5.41, 5.74) is 3.74. The normalized spacial score (nSPS) is 10.8. The van der Waals surface area contributed by atoms with Gasteiger partial charge in [-0.2, -0.15) is 0 Å². The van der Waals surface area contributed by atoms with Gasteiger partial charge in [0.05, 0.1) is 17.8 Å². The summed E-state index contributed by atoms with van der Waals surface area (Å²) >= 11 is 6.18. The molecule has 1 N–H and O–H groups in total. The molecule has 0 unspecified atom stereocenters. The summed E-state index contributed by atoms with van der Waals surface area (Å²) in [6.07, 6.45) is 0.771. The van der Waals surface area contributed by atoms with E-state index in [1.807, 2.05) is 24.5 Å². The number of rotatable bonds is 6. The molecule has 0 aliphatic heterocycles. The van der Waals surface area contributed by atoms with Gasteiger partial charge in [0.25, 0.3) is 0 Å². The number of amides is 1. The standard InChI is InChI=1S/C23H22ClFN2O2/c1-4-16-11-14(2)27(22(16)13-26-15(3)28)21-10-9-17(24)12-19(21)23(29)18-7-5-6-8-20(18)25/h5-12H,4,13H2,1-3H3,(H,26,28). The highest BCUT2D eigenvalue weighted by molar-refractivity contribution is 6.31. The van der Waals surface area contributed by atoms with Crippen LogP contribution in [0.3, 0.4) is 0 Å². The van der Waals surface area contributed by atoms with E-state index in [0.29, 0.717) is 22.8 Å². The lowest BCUT2D eigenvalue weighted by Crippen LogP contribution is -2.22. The van der Waals surface area contributed by atoms with Crippen molar-refractivity contribution in [2.75, 3.05) is 0 Å². The van der Waals surface area contributed by atoms with Gasteiger partial charge in [-0.3, -0.25) is 9.59 Å². The third kappa shape index (κ3) is 4.25. The molecule has 1 aromatic heterocycles. The Labute approximate surface area is 174 Å². The molecule has 0 bridgehead atoms. The largest absolute Gasteiger partial charge is 0.351 e. The third-order valence-corrected chi connectivity index (χ3v) is 5.06. The van der Waals surface area contributed by atoms with Gasteiger partial charge in [0.2, 0.25) is 5.91 Å². The first-order chi connectivity index (χ1) is 13.8. The van der Waals surface area contributed by atoms with Gasteiger partial charge in [-0.25, -0.2) is 4.39 Å². The lowest BCUT2D eigenvalue weighted by atomic mass is 10.0. The molecule has 0 radical (unpaired) electrons. The highest BCUT2D eigenvalue weighted by Crippen LogP contribution is 2.28. The number of hydrogen-bond acceptors (Lipinski definition) is 2. The van der Waals surface area contributed by atoms with Gasteiger partial charge < -0.3 is 9.88 Å². The first-order valence-corrected chi connectivity index (χ1v) is 9.75. The summed E-state index contributed by atoms with van der Waals surface area (Å²) < 4.78 is 16.2. The monoisotopic (exact) mass is 412 g/mol. The van der Waals surface area contributed by atoms with E-state index in [1.54, 1.807) is 30.3 Å². The van der Waals surface area contributed by atoms with E-state index in [9.17, 15) is 14.0 Å². The molecule has 3 rings (SSSR count). The number of nitrogens with one attached hydrogen (secondary N) is 1. The number of hydrogen-bond donors (Lipinski definition) is 1. The third-order valence-electron chi connectivity index (χ3n) is 4.82. The Kier molecular flexibility index (Phi) is 6.18. The Morgan fingerprint density at radius 2 is 1.83 bits per heavy atom. The van der Waals surface area contributed by atoms with E-state index in [-0.39, 0.29) is 11.5 Å². The molecule has 150 valence electrons. The minimum absolute atomic E-state index is 0.0139. The van der Waals surface area contributed by atoms with Crippen LogP contribution >= 0.6 is 11.6 Å². The van der Waals surface area contributed by atoms with E-state index >= 15 is 0 Å². The molecule has 6 heteroatoms. The van der Waals surface area contributed by atoms with E-state index in [0.717, 1.165) is 23.4 Å². The van der Waals surface area contributed by atoms with Crippen molar-refractivity contribution >= 4 is 23.3 Å². The molecule has 29 heavy (non-hydrogen) atoms. The number of aryl methyl sites for hydroxylation is 2. The summed E-state index contributed by atoms with van der Waals surface area (Å²) in [6.45, 7) is 5.75. The van der Waals surface area contributed by atoms with Gasteiger partial charge in [0.15, 0.2) is 5.78 Å². The number of benzene rings is 2. The molecule has 0 atom stereocenters. The summed E-state index contributed by atoms with van der Waals surface area (Å²) in [5.74, 6) is -1.17. The van der Waals surface area contributed by atoms with Crippen molar-refractivity contribution in [2.45, 2.75) is 33.7 Å². The quantitative estimate of drug-likeness (QED) is 0.579. The Morgan fingerprint density at radius 1 is 1.10 bits per heavy atom. The maximum Gasteiger partial charge on any atom is 0.217 e. The molecular formula is C23H22ClFN2O2. The maximum atomic E-state index is 14.3. The molecule has 0 fully saturated rings. The van der Waals surface area contributed by atoms with E-state index in [1.165, 1.54) is 19.1 Å². The topological polar surface area (TPSA) is 51.1 Å².